The molecule has 0 aromatic carbocycles. The Hall–Kier alpha value is -0.630. The lowest BCUT2D eigenvalue weighted by molar-refractivity contribution is -0.135. The Balaban J connectivity index is 2.09. The van der Waals surface area contributed by atoms with Crippen LogP contribution in [0.3, 0.4) is 0 Å². The van der Waals surface area contributed by atoms with Crippen LogP contribution >= 0.6 is 0 Å². The number of Topliss-reactive ketones (excluding diaryl/α,β-unsaturated/α-hetero) is 1. The second-order valence-electron chi connectivity index (χ2n) is 5.25. The van der Waals surface area contributed by atoms with Crippen molar-refractivity contribution in [2.75, 3.05) is 0 Å². The van der Waals surface area contributed by atoms with Gasteiger partial charge in [-0.15, -0.1) is 0 Å². The van der Waals surface area contributed by atoms with Crippen LogP contribution in [-0.4, -0.2) is 17.0 Å². The largest absolute Gasteiger partial charge is 0.393 e. The van der Waals surface area contributed by atoms with Crippen molar-refractivity contribution in [3.05, 3.63) is 12.2 Å². The van der Waals surface area contributed by atoms with Crippen molar-refractivity contribution in [3.8, 4) is 0 Å². The van der Waals surface area contributed by atoms with Crippen molar-refractivity contribution in [3.63, 3.8) is 0 Å². The van der Waals surface area contributed by atoms with Gasteiger partial charge in [0.1, 0.15) is 5.78 Å². The monoisotopic (exact) mass is 192 g/mol. The van der Waals surface area contributed by atoms with Crippen molar-refractivity contribution in [2.24, 2.45) is 23.2 Å². The highest BCUT2D eigenvalue weighted by Gasteiger charge is 2.58. The number of hydrogen-bond acceptors (Lipinski definition) is 2. The van der Waals surface area contributed by atoms with Gasteiger partial charge in [0.2, 0.25) is 0 Å². The van der Waals surface area contributed by atoms with Gasteiger partial charge in [0.15, 0.2) is 0 Å². The summed E-state index contributed by atoms with van der Waals surface area (Å²) in [6, 6.07) is 0. The number of carbonyl (C=O) groups is 1. The normalized spacial score (nSPS) is 55.1. The first-order chi connectivity index (χ1) is 6.64. The Morgan fingerprint density at radius 2 is 2.21 bits per heavy atom. The summed E-state index contributed by atoms with van der Waals surface area (Å²) in [7, 11) is 0. The number of ketones is 1. The fourth-order valence-corrected chi connectivity index (χ4v) is 3.86. The first-order valence-electron chi connectivity index (χ1n) is 5.53. The van der Waals surface area contributed by atoms with Gasteiger partial charge < -0.3 is 5.11 Å². The van der Waals surface area contributed by atoms with Crippen LogP contribution in [0.25, 0.3) is 0 Å². The summed E-state index contributed by atoms with van der Waals surface area (Å²) in [4.78, 5) is 11.7. The number of carbonyl (C=O) groups excluding carboxylic acids is 1. The Morgan fingerprint density at radius 1 is 1.43 bits per heavy atom. The van der Waals surface area contributed by atoms with Gasteiger partial charge in [-0.2, -0.15) is 0 Å². The average Bonchev–Trinajstić information content (AvgIpc) is 2.47. The molecule has 5 atom stereocenters. The number of fused-ring (bicyclic) bond motifs is 1. The first kappa shape index (κ1) is 8.66. The lowest BCUT2D eigenvalue weighted by Crippen LogP contribution is -2.51. The van der Waals surface area contributed by atoms with Gasteiger partial charge in [0.25, 0.3) is 0 Å². The fraction of sp³-hybridized carbons (Fsp3) is 0.750. The van der Waals surface area contributed by atoms with E-state index in [0.29, 0.717) is 24.0 Å². The lowest BCUT2D eigenvalue weighted by Gasteiger charge is -2.49. The number of aliphatic hydroxyl groups is 1. The smallest absolute Gasteiger partial charge is 0.140 e. The first-order valence-corrected chi connectivity index (χ1v) is 5.53. The maximum Gasteiger partial charge on any atom is 0.140 e. The molecule has 76 valence electrons. The third kappa shape index (κ3) is 0.789. The second kappa shape index (κ2) is 2.48. The Bertz CT molecular complexity index is 320. The van der Waals surface area contributed by atoms with Gasteiger partial charge in [-0.3, -0.25) is 4.79 Å². The standard InChI is InChI=1S/C12H16O2/c1-12-7-2-3-8(10(13)6-7)9(12)4-5-11(12)14/h2-3,7-9,11,14H,4-6H2,1H3/t7?,8?,9-,11?,12+/m1/s1. The van der Waals surface area contributed by atoms with Crippen molar-refractivity contribution >= 4 is 5.78 Å². The van der Waals surface area contributed by atoms with Crippen LogP contribution in [0.5, 0.6) is 0 Å². The van der Waals surface area contributed by atoms with Gasteiger partial charge >= 0.3 is 0 Å². The molecule has 2 nitrogen and oxygen atoms in total. The number of allylic oxidation sites excluding steroid dienone is 2. The average molecular weight is 192 g/mol. The van der Waals surface area contributed by atoms with Gasteiger partial charge in [0, 0.05) is 17.8 Å². The summed E-state index contributed by atoms with van der Waals surface area (Å²) in [6.45, 7) is 2.17. The minimum atomic E-state index is -0.196. The number of hydrogen-bond donors (Lipinski definition) is 1. The molecule has 2 bridgehead atoms. The molecule has 1 N–H and O–H groups in total. The van der Waals surface area contributed by atoms with E-state index < -0.39 is 0 Å². The minimum Gasteiger partial charge on any atom is -0.393 e. The topological polar surface area (TPSA) is 37.3 Å². The molecule has 4 rings (SSSR count). The van der Waals surface area contributed by atoms with Crippen LogP contribution in [0.1, 0.15) is 26.2 Å². The van der Waals surface area contributed by atoms with E-state index in [4.69, 9.17) is 0 Å². The van der Waals surface area contributed by atoms with Gasteiger partial charge in [-0.25, -0.2) is 0 Å². The van der Waals surface area contributed by atoms with Gasteiger partial charge in [0.05, 0.1) is 6.10 Å². The molecule has 14 heavy (non-hydrogen) atoms. The summed E-state index contributed by atoms with van der Waals surface area (Å²) >= 11 is 0. The summed E-state index contributed by atoms with van der Waals surface area (Å²) in [6.07, 6.45) is 6.61. The number of rotatable bonds is 0. The predicted molar refractivity (Wildman–Crippen MR) is 52.6 cm³/mol. The molecular weight excluding hydrogens is 176 g/mol. The molecule has 3 unspecified atom stereocenters. The molecule has 2 heteroatoms. The zero-order valence-corrected chi connectivity index (χ0v) is 8.44. The lowest BCUT2D eigenvalue weighted by atomic mass is 9.54. The molecule has 0 amide bonds. The number of aliphatic hydroxyl groups excluding tert-OH is 1. The fourth-order valence-electron chi connectivity index (χ4n) is 3.86. The van der Waals surface area contributed by atoms with Crippen LogP contribution < -0.4 is 0 Å². The zero-order chi connectivity index (χ0) is 9.92. The van der Waals surface area contributed by atoms with Crippen molar-refractivity contribution in [2.45, 2.75) is 32.3 Å². The Morgan fingerprint density at radius 3 is 2.93 bits per heavy atom. The molecule has 0 radical (unpaired) electrons. The summed E-state index contributed by atoms with van der Waals surface area (Å²) in [5.41, 5.74) is -0.00662. The van der Waals surface area contributed by atoms with E-state index in [1.807, 2.05) is 0 Å². The summed E-state index contributed by atoms with van der Waals surface area (Å²) in [5.74, 6) is 1.22. The predicted octanol–water partition coefficient (Wildman–Crippen LogP) is 1.54. The molecule has 0 saturated heterocycles. The van der Waals surface area contributed by atoms with Crippen molar-refractivity contribution < 1.29 is 9.90 Å². The van der Waals surface area contributed by atoms with E-state index in [0.717, 1.165) is 12.8 Å². The third-order valence-electron chi connectivity index (χ3n) is 4.84. The van der Waals surface area contributed by atoms with Crippen LogP contribution in [0.15, 0.2) is 12.2 Å². The zero-order valence-electron chi connectivity index (χ0n) is 8.44. The van der Waals surface area contributed by atoms with E-state index in [2.05, 4.69) is 19.1 Å². The molecule has 4 aliphatic carbocycles. The Labute approximate surface area is 84.0 Å². The minimum absolute atomic E-state index is 0.00662. The molecule has 2 saturated carbocycles. The van der Waals surface area contributed by atoms with Crippen LogP contribution in [0.4, 0.5) is 0 Å². The Kier molecular flexibility index (Phi) is 1.54. The van der Waals surface area contributed by atoms with Gasteiger partial charge in [-0.1, -0.05) is 19.1 Å². The summed E-state index contributed by atoms with van der Waals surface area (Å²) < 4.78 is 0. The maximum absolute atomic E-state index is 11.7. The van der Waals surface area contributed by atoms with E-state index >= 15 is 0 Å². The second-order valence-corrected chi connectivity index (χ2v) is 5.25. The molecule has 0 spiro atoms. The molecule has 0 aromatic heterocycles. The van der Waals surface area contributed by atoms with Crippen molar-refractivity contribution in [1.29, 1.82) is 0 Å². The molecule has 0 aliphatic heterocycles. The highest BCUT2D eigenvalue weighted by Crippen LogP contribution is 2.59. The van der Waals surface area contributed by atoms with Crippen LogP contribution in [-0.2, 0) is 4.79 Å². The van der Waals surface area contributed by atoms with E-state index in [-0.39, 0.29) is 17.4 Å². The van der Waals surface area contributed by atoms with Crippen LogP contribution in [0, 0.1) is 23.2 Å². The SMILES string of the molecule is C[C@@]12C(O)CC[C@@H]1C1C=CC2CC1=O. The van der Waals surface area contributed by atoms with Gasteiger partial charge in [-0.05, 0) is 24.7 Å². The maximum atomic E-state index is 11.7. The molecule has 4 aliphatic rings. The highest BCUT2D eigenvalue weighted by atomic mass is 16.3. The van der Waals surface area contributed by atoms with Crippen molar-refractivity contribution in [1.82, 2.24) is 0 Å². The molecular formula is C12H16O2. The van der Waals surface area contributed by atoms with Crippen LogP contribution in [0.2, 0.25) is 0 Å². The van der Waals surface area contributed by atoms with E-state index in [9.17, 15) is 9.90 Å². The molecule has 2 fully saturated rings. The molecule has 0 heterocycles. The third-order valence-corrected chi connectivity index (χ3v) is 4.84. The quantitative estimate of drug-likeness (QED) is 0.591. The van der Waals surface area contributed by atoms with E-state index in [1.54, 1.807) is 0 Å². The van der Waals surface area contributed by atoms with E-state index in [1.165, 1.54) is 0 Å². The molecule has 0 aromatic rings. The highest BCUT2D eigenvalue weighted by molar-refractivity contribution is 5.86. The summed E-state index contributed by atoms with van der Waals surface area (Å²) in [5, 5.41) is 10.0.